The van der Waals surface area contributed by atoms with Gasteiger partial charge in [0.05, 0.1) is 36.4 Å². The van der Waals surface area contributed by atoms with Crippen LogP contribution in [-0.4, -0.2) is 54.4 Å². The van der Waals surface area contributed by atoms with Gasteiger partial charge in [-0.3, -0.25) is 0 Å². The number of amides is 2. The van der Waals surface area contributed by atoms with E-state index in [1.54, 1.807) is 31.0 Å². The molecule has 0 atom stereocenters. The summed E-state index contributed by atoms with van der Waals surface area (Å²) in [4.78, 5) is 26.5. The van der Waals surface area contributed by atoms with Crippen molar-refractivity contribution in [2.45, 2.75) is 6.92 Å². The number of hydrogen-bond donors (Lipinski definition) is 1. The van der Waals surface area contributed by atoms with Crippen molar-refractivity contribution in [2.24, 2.45) is 7.05 Å². The SMILES string of the molecule is CCOC(=O)c1c(NC(=O)N2CCOCC2)c2c(F)cccc2n1C. The van der Waals surface area contributed by atoms with Crippen LogP contribution in [0.3, 0.4) is 0 Å². The van der Waals surface area contributed by atoms with E-state index in [1.807, 2.05) is 0 Å². The number of aromatic nitrogens is 1. The van der Waals surface area contributed by atoms with Gasteiger partial charge in [-0.1, -0.05) is 6.07 Å². The summed E-state index contributed by atoms with van der Waals surface area (Å²) in [5.41, 5.74) is 0.745. The van der Waals surface area contributed by atoms with Crippen molar-refractivity contribution in [3.63, 3.8) is 0 Å². The Morgan fingerprint density at radius 3 is 2.72 bits per heavy atom. The molecule has 8 heteroatoms. The van der Waals surface area contributed by atoms with Gasteiger partial charge in [0, 0.05) is 20.1 Å². The van der Waals surface area contributed by atoms with Crippen LogP contribution in [0.25, 0.3) is 10.9 Å². The molecule has 0 bridgehead atoms. The molecule has 0 radical (unpaired) electrons. The monoisotopic (exact) mass is 349 g/mol. The van der Waals surface area contributed by atoms with E-state index in [4.69, 9.17) is 9.47 Å². The normalized spacial score (nSPS) is 14.6. The van der Waals surface area contributed by atoms with Crippen LogP contribution in [0.5, 0.6) is 0 Å². The average molecular weight is 349 g/mol. The van der Waals surface area contributed by atoms with Gasteiger partial charge in [0.2, 0.25) is 0 Å². The second kappa shape index (κ2) is 7.10. The Morgan fingerprint density at radius 2 is 2.04 bits per heavy atom. The number of nitrogens with one attached hydrogen (secondary N) is 1. The molecular formula is C17H20FN3O4. The number of carbonyl (C=O) groups excluding carboxylic acids is 2. The van der Waals surface area contributed by atoms with E-state index in [1.165, 1.54) is 10.6 Å². The van der Waals surface area contributed by atoms with Crippen LogP contribution in [0.1, 0.15) is 17.4 Å². The number of anilines is 1. The maximum Gasteiger partial charge on any atom is 0.357 e. The number of aryl methyl sites for hydroxylation is 1. The van der Waals surface area contributed by atoms with E-state index >= 15 is 0 Å². The zero-order valence-electron chi connectivity index (χ0n) is 14.2. The number of fused-ring (bicyclic) bond motifs is 1. The molecule has 0 spiro atoms. The van der Waals surface area contributed by atoms with Crippen molar-refractivity contribution in [3.05, 3.63) is 29.7 Å². The summed E-state index contributed by atoms with van der Waals surface area (Å²) < 4.78 is 26.3. The van der Waals surface area contributed by atoms with Gasteiger partial charge in [-0.25, -0.2) is 14.0 Å². The van der Waals surface area contributed by atoms with E-state index in [0.29, 0.717) is 31.8 Å². The van der Waals surface area contributed by atoms with Crippen molar-refractivity contribution in [2.75, 3.05) is 38.2 Å². The number of rotatable bonds is 3. The van der Waals surface area contributed by atoms with E-state index < -0.39 is 17.8 Å². The number of morpholine rings is 1. The lowest BCUT2D eigenvalue weighted by Gasteiger charge is -2.27. The molecule has 25 heavy (non-hydrogen) atoms. The molecule has 7 nitrogen and oxygen atoms in total. The highest BCUT2D eigenvalue weighted by molar-refractivity contribution is 6.11. The number of nitrogens with zero attached hydrogens (tertiary/aromatic N) is 2. The quantitative estimate of drug-likeness (QED) is 0.864. The summed E-state index contributed by atoms with van der Waals surface area (Å²) in [6.07, 6.45) is 0. The summed E-state index contributed by atoms with van der Waals surface area (Å²) in [6, 6.07) is 4.14. The molecule has 2 heterocycles. The van der Waals surface area contributed by atoms with Crippen molar-refractivity contribution < 1.29 is 23.5 Å². The number of benzene rings is 1. The van der Waals surface area contributed by atoms with Gasteiger partial charge in [0.25, 0.3) is 0 Å². The minimum Gasteiger partial charge on any atom is -0.461 e. The van der Waals surface area contributed by atoms with Crippen molar-refractivity contribution in [3.8, 4) is 0 Å². The molecule has 1 saturated heterocycles. The standard InChI is InChI=1S/C17H20FN3O4/c1-3-25-16(22)15-14(19-17(23)21-7-9-24-10-8-21)13-11(18)5-4-6-12(13)20(15)2/h4-6H,3,7-10H2,1-2H3,(H,19,23). The van der Waals surface area contributed by atoms with E-state index in [9.17, 15) is 14.0 Å². The Bertz CT molecular complexity index is 812. The van der Waals surface area contributed by atoms with Crippen LogP contribution >= 0.6 is 0 Å². The zero-order chi connectivity index (χ0) is 18.0. The molecule has 0 saturated carbocycles. The van der Waals surface area contributed by atoms with Crippen molar-refractivity contribution >= 4 is 28.6 Å². The summed E-state index contributed by atoms with van der Waals surface area (Å²) in [5, 5.41) is 2.88. The van der Waals surface area contributed by atoms with Gasteiger partial charge in [-0.05, 0) is 19.1 Å². The predicted octanol–water partition coefficient (Wildman–Crippen LogP) is 2.36. The van der Waals surface area contributed by atoms with Crippen LogP contribution in [-0.2, 0) is 16.5 Å². The second-order valence-corrected chi connectivity index (χ2v) is 5.67. The first-order valence-corrected chi connectivity index (χ1v) is 8.12. The molecule has 3 rings (SSSR count). The average Bonchev–Trinajstić information content (AvgIpc) is 2.89. The largest absolute Gasteiger partial charge is 0.461 e. The summed E-state index contributed by atoms with van der Waals surface area (Å²) in [7, 11) is 1.64. The third-order valence-electron chi connectivity index (χ3n) is 4.17. The number of halogens is 1. The number of hydrogen-bond acceptors (Lipinski definition) is 4. The molecule has 0 unspecified atom stereocenters. The fourth-order valence-corrected chi connectivity index (χ4v) is 2.96. The Hall–Kier alpha value is -2.61. The Morgan fingerprint density at radius 1 is 1.32 bits per heavy atom. The van der Waals surface area contributed by atoms with E-state index in [0.717, 1.165) is 0 Å². The second-order valence-electron chi connectivity index (χ2n) is 5.67. The molecule has 1 aliphatic heterocycles. The van der Waals surface area contributed by atoms with Gasteiger partial charge in [-0.15, -0.1) is 0 Å². The molecule has 134 valence electrons. The first-order chi connectivity index (χ1) is 12.0. The van der Waals surface area contributed by atoms with E-state index in [-0.39, 0.29) is 23.4 Å². The molecule has 2 amide bonds. The van der Waals surface area contributed by atoms with Crippen LogP contribution in [0.2, 0.25) is 0 Å². The van der Waals surface area contributed by atoms with Gasteiger partial charge < -0.3 is 24.3 Å². The highest BCUT2D eigenvalue weighted by Crippen LogP contribution is 2.33. The lowest BCUT2D eigenvalue weighted by molar-refractivity contribution is 0.0516. The zero-order valence-corrected chi connectivity index (χ0v) is 14.2. The van der Waals surface area contributed by atoms with Gasteiger partial charge in [-0.2, -0.15) is 0 Å². The fraction of sp³-hybridized carbons (Fsp3) is 0.412. The molecule has 1 fully saturated rings. The first kappa shape index (κ1) is 17.2. The third-order valence-corrected chi connectivity index (χ3v) is 4.17. The molecule has 1 aromatic heterocycles. The third kappa shape index (κ3) is 3.17. The maximum atomic E-state index is 14.4. The highest BCUT2D eigenvalue weighted by atomic mass is 19.1. The van der Waals surface area contributed by atoms with Crippen LogP contribution in [0, 0.1) is 5.82 Å². The summed E-state index contributed by atoms with van der Waals surface area (Å²) in [5.74, 6) is -1.13. The lowest BCUT2D eigenvalue weighted by atomic mass is 10.2. The number of urea groups is 1. The van der Waals surface area contributed by atoms with Gasteiger partial charge >= 0.3 is 12.0 Å². The molecule has 1 aliphatic rings. The molecule has 1 aromatic carbocycles. The lowest BCUT2D eigenvalue weighted by Crippen LogP contribution is -2.43. The van der Waals surface area contributed by atoms with E-state index in [2.05, 4.69) is 5.32 Å². The smallest absolute Gasteiger partial charge is 0.357 e. The summed E-state index contributed by atoms with van der Waals surface area (Å²) >= 11 is 0. The Labute approximate surface area is 144 Å². The number of carbonyl (C=O) groups is 2. The number of esters is 1. The highest BCUT2D eigenvalue weighted by Gasteiger charge is 2.27. The van der Waals surface area contributed by atoms with Crippen molar-refractivity contribution in [1.82, 2.24) is 9.47 Å². The molecular weight excluding hydrogens is 329 g/mol. The topological polar surface area (TPSA) is 72.8 Å². The predicted molar refractivity (Wildman–Crippen MR) is 90.2 cm³/mol. The number of ether oxygens (including phenoxy) is 2. The Kier molecular flexibility index (Phi) is 4.89. The first-order valence-electron chi connectivity index (χ1n) is 8.12. The minimum atomic E-state index is -0.613. The van der Waals surface area contributed by atoms with Crippen LogP contribution in [0.4, 0.5) is 14.9 Å². The van der Waals surface area contributed by atoms with Gasteiger partial charge in [0.1, 0.15) is 5.82 Å². The van der Waals surface area contributed by atoms with Crippen molar-refractivity contribution in [1.29, 1.82) is 0 Å². The summed E-state index contributed by atoms with van der Waals surface area (Å²) in [6.45, 7) is 3.64. The minimum absolute atomic E-state index is 0.114. The Balaban J connectivity index is 2.06. The van der Waals surface area contributed by atoms with Crippen LogP contribution in [0.15, 0.2) is 18.2 Å². The fourth-order valence-electron chi connectivity index (χ4n) is 2.96. The molecule has 2 aromatic rings. The molecule has 1 N–H and O–H groups in total. The van der Waals surface area contributed by atoms with Gasteiger partial charge in [0.15, 0.2) is 5.69 Å². The maximum absolute atomic E-state index is 14.4. The van der Waals surface area contributed by atoms with Crippen LogP contribution < -0.4 is 5.32 Å². The molecule has 0 aliphatic carbocycles.